The smallest absolute Gasteiger partial charge is 0.0432 e. The van der Waals surface area contributed by atoms with Crippen LogP contribution in [0.1, 0.15) is 0 Å². The quantitative estimate of drug-likeness (QED) is 0.683. The third-order valence-corrected chi connectivity index (χ3v) is 5.87. The Morgan fingerprint density at radius 2 is 1.50 bits per heavy atom. The zero-order valence-electron chi connectivity index (χ0n) is 5.17. The van der Waals surface area contributed by atoms with E-state index in [-0.39, 0.29) is 0 Å². The van der Waals surface area contributed by atoms with Gasteiger partial charge in [-0.15, -0.1) is 0 Å². The number of rotatable bonds is 0. The summed E-state index contributed by atoms with van der Waals surface area (Å²) in [7, 11) is 0. The Morgan fingerprint density at radius 1 is 1.10 bits per heavy atom. The molecule has 10 heavy (non-hydrogen) atoms. The molecule has 0 amide bonds. The van der Waals surface area contributed by atoms with Crippen molar-refractivity contribution in [1.82, 2.24) is 5.06 Å². The lowest BCUT2D eigenvalue weighted by molar-refractivity contribution is -0.0972. The maximum absolute atomic E-state index is 9.12. The van der Waals surface area contributed by atoms with Gasteiger partial charge in [-0.1, -0.05) is 47.8 Å². The zero-order chi connectivity index (χ0) is 7.72. The van der Waals surface area contributed by atoms with E-state index in [4.69, 9.17) is 5.21 Å². The average Bonchev–Trinajstić information content (AvgIpc) is 1.82. The average molecular weight is 338 g/mol. The highest BCUT2D eigenvalue weighted by Crippen LogP contribution is 2.27. The maximum Gasteiger partial charge on any atom is 0.0432 e. The molecule has 2 nitrogen and oxygen atoms in total. The van der Waals surface area contributed by atoms with Crippen LogP contribution in [0.25, 0.3) is 0 Å². The number of hydrogen-bond acceptors (Lipinski definition) is 2. The molecule has 0 spiro atoms. The highest BCUT2D eigenvalue weighted by Gasteiger charge is 2.31. The first-order valence-electron chi connectivity index (χ1n) is 2.97. The number of piperidine rings is 1. The van der Waals surface area contributed by atoms with E-state index in [0.29, 0.717) is 27.6 Å². The van der Waals surface area contributed by atoms with E-state index < -0.39 is 0 Å². The predicted molar refractivity (Wildman–Crippen MR) is 51.5 cm³/mol. The van der Waals surface area contributed by atoms with Crippen molar-refractivity contribution >= 4 is 47.8 Å². The first-order chi connectivity index (χ1) is 4.61. The highest BCUT2D eigenvalue weighted by atomic mass is 79.9. The van der Waals surface area contributed by atoms with E-state index in [2.05, 4.69) is 47.8 Å². The zero-order valence-corrected chi connectivity index (χ0v) is 9.93. The van der Waals surface area contributed by atoms with Crippen molar-refractivity contribution < 1.29 is 5.21 Å². The molecule has 5 heteroatoms. The van der Waals surface area contributed by atoms with E-state index in [9.17, 15) is 0 Å². The van der Waals surface area contributed by atoms with Crippen LogP contribution in [0.3, 0.4) is 0 Å². The van der Waals surface area contributed by atoms with E-state index in [0.717, 1.165) is 0 Å². The molecule has 1 saturated heterocycles. The number of hydrogen-bond donors (Lipinski definition) is 1. The third kappa shape index (κ3) is 2.17. The van der Waals surface area contributed by atoms with Crippen molar-refractivity contribution in [3.05, 3.63) is 0 Å². The monoisotopic (exact) mass is 335 g/mol. The van der Waals surface area contributed by atoms with Gasteiger partial charge in [-0.2, -0.15) is 5.06 Å². The van der Waals surface area contributed by atoms with Crippen molar-refractivity contribution in [3.8, 4) is 0 Å². The van der Waals surface area contributed by atoms with Gasteiger partial charge in [0.05, 0.1) is 0 Å². The molecule has 1 rings (SSSR count). The Morgan fingerprint density at radius 3 is 1.90 bits per heavy atom. The molecule has 1 aliphatic rings. The standard InChI is InChI=1S/C5H8Br3NO/c6-3-1-9(10)2-4(7)5(3)8/h3-5,10H,1-2H2. The van der Waals surface area contributed by atoms with Gasteiger partial charge in [0, 0.05) is 27.6 Å². The van der Waals surface area contributed by atoms with Gasteiger partial charge in [0.2, 0.25) is 0 Å². The van der Waals surface area contributed by atoms with Crippen molar-refractivity contribution in [2.45, 2.75) is 14.5 Å². The van der Waals surface area contributed by atoms with Gasteiger partial charge in [-0.25, -0.2) is 0 Å². The van der Waals surface area contributed by atoms with Crippen LogP contribution in [0.2, 0.25) is 0 Å². The second-order valence-electron chi connectivity index (χ2n) is 2.35. The Bertz CT molecular complexity index is 111. The molecule has 0 aromatic heterocycles. The summed E-state index contributed by atoms with van der Waals surface area (Å²) in [5.41, 5.74) is 0. The molecular weight excluding hydrogens is 330 g/mol. The molecule has 60 valence electrons. The van der Waals surface area contributed by atoms with Crippen LogP contribution in [0.5, 0.6) is 0 Å². The molecule has 0 saturated carbocycles. The summed E-state index contributed by atoms with van der Waals surface area (Å²) in [5.74, 6) is 0. The summed E-state index contributed by atoms with van der Waals surface area (Å²) in [5, 5.41) is 10.4. The van der Waals surface area contributed by atoms with Gasteiger partial charge in [-0.05, 0) is 0 Å². The molecule has 0 aliphatic carbocycles. The van der Waals surface area contributed by atoms with Crippen LogP contribution in [0.15, 0.2) is 0 Å². The molecule has 0 radical (unpaired) electrons. The first kappa shape index (κ1) is 9.45. The largest absolute Gasteiger partial charge is 0.314 e. The summed E-state index contributed by atoms with van der Waals surface area (Å²) in [6, 6.07) is 0. The van der Waals surface area contributed by atoms with Crippen LogP contribution in [-0.4, -0.2) is 37.8 Å². The highest BCUT2D eigenvalue weighted by molar-refractivity contribution is 9.13. The molecule has 1 heterocycles. The Balaban J connectivity index is 2.49. The lowest BCUT2D eigenvalue weighted by Crippen LogP contribution is -2.46. The number of nitrogens with zero attached hydrogens (tertiary/aromatic N) is 1. The van der Waals surface area contributed by atoms with E-state index in [1.54, 1.807) is 0 Å². The number of halogens is 3. The van der Waals surface area contributed by atoms with Crippen molar-refractivity contribution in [2.24, 2.45) is 0 Å². The second-order valence-corrected chi connectivity index (χ2v) is 5.76. The summed E-state index contributed by atoms with van der Waals surface area (Å²) in [4.78, 5) is 1.03. The molecule has 1 N–H and O–H groups in total. The summed E-state index contributed by atoms with van der Waals surface area (Å²) >= 11 is 10.4. The normalized spacial score (nSPS) is 43.8. The molecule has 1 aliphatic heterocycles. The third-order valence-electron chi connectivity index (χ3n) is 1.46. The van der Waals surface area contributed by atoms with Crippen LogP contribution in [-0.2, 0) is 0 Å². The van der Waals surface area contributed by atoms with Crippen LogP contribution in [0.4, 0.5) is 0 Å². The first-order valence-corrected chi connectivity index (χ1v) is 5.72. The van der Waals surface area contributed by atoms with Crippen molar-refractivity contribution in [2.75, 3.05) is 13.1 Å². The van der Waals surface area contributed by atoms with Gasteiger partial charge in [0.1, 0.15) is 0 Å². The second kappa shape index (κ2) is 3.85. The van der Waals surface area contributed by atoms with Crippen molar-refractivity contribution in [3.63, 3.8) is 0 Å². The van der Waals surface area contributed by atoms with Crippen LogP contribution in [0, 0.1) is 0 Å². The fourth-order valence-corrected chi connectivity index (χ4v) is 3.05. The number of hydroxylamine groups is 2. The SMILES string of the molecule is ON1CC(Br)C(Br)C(Br)C1. The topological polar surface area (TPSA) is 23.5 Å². The molecule has 2 atom stereocenters. The lowest BCUT2D eigenvalue weighted by Gasteiger charge is -2.32. The Labute approximate surface area is 85.3 Å². The summed E-state index contributed by atoms with van der Waals surface area (Å²) < 4.78 is 0. The lowest BCUT2D eigenvalue weighted by atomic mass is 10.2. The van der Waals surface area contributed by atoms with Gasteiger partial charge in [-0.3, -0.25) is 0 Å². The van der Waals surface area contributed by atoms with Gasteiger partial charge >= 0.3 is 0 Å². The summed E-state index contributed by atoms with van der Waals surface area (Å²) in [6.45, 7) is 1.36. The van der Waals surface area contributed by atoms with Crippen LogP contribution < -0.4 is 0 Å². The van der Waals surface area contributed by atoms with Gasteiger partial charge in [0.15, 0.2) is 0 Å². The molecule has 0 aromatic rings. The van der Waals surface area contributed by atoms with Gasteiger partial charge < -0.3 is 5.21 Å². The minimum absolute atomic E-state index is 0.315. The van der Waals surface area contributed by atoms with Gasteiger partial charge in [0.25, 0.3) is 0 Å². The number of alkyl halides is 3. The van der Waals surface area contributed by atoms with Crippen molar-refractivity contribution in [1.29, 1.82) is 0 Å². The predicted octanol–water partition coefficient (Wildman–Crippen LogP) is 1.98. The minimum Gasteiger partial charge on any atom is -0.314 e. The molecule has 2 unspecified atom stereocenters. The van der Waals surface area contributed by atoms with Crippen LogP contribution >= 0.6 is 47.8 Å². The van der Waals surface area contributed by atoms with E-state index in [1.165, 1.54) is 5.06 Å². The maximum atomic E-state index is 9.12. The Kier molecular flexibility index (Phi) is 3.63. The summed E-state index contributed by atoms with van der Waals surface area (Å²) in [6.07, 6.45) is 0. The molecular formula is C5H8Br3NO. The molecule has 1 fully saturated rings. The fourth-order valence-electron chi connectivity index (χ4n) is 0.905. The fraction of sp³-hybridized carbons (Fsp3) is 1.00. The minimum atomic E-state index is 0.315. The van der Waals surface area contributed by atoms with E-state index >= 15 is 0 Å². The molecule has 0 aromatic carbocycles. The Hall–Kier alpha value is 1.36. The van der Waals surface area contributed by atoms with E-state index in [1.807, 2.05) is 0 Å². The molecule has 0 bridgehead atoms.